The zero-order valence-electron chi connectivity index (χ0n) is 15.9. The molecule has 0 spiro atoms. The van der Waals surface area contributed by atoms with Crippen LogP contribution in [0.5, 0.6) is 0 Å². The molecule has 0 atom stereocenters. The third-order valence-corrected chi connectivity index (χ3v) is 5.22. The summed E-state index contributed by atoms with van der Waals surface area (Å²) in [7, 11) is -3.25. The van der Waals surface area contributed by atoms with E-state index in [-0.39, 0.29) is 4.91 Å². The Kier molecular flexibility index (Phi) is 7.11. The van der Waals surface area contributed by atoms with Gasteiger partial charge in [-0.25, -0.2) is 8.42 Å². The van der Waals surface area contributed by atoms with Gasteiger partial charge in [-0.1, -0.05) is 37.6 Å². The molecule has 0 saturated carbocycles. The molecule has 4 nitrogen and oxygen atoms in total. The molecule has 6 heteroatoms. The Labute approximate surface area is 166 Å². The molecule has 0 amide bonds. The quantitative estimate of drug-likeness (QED) is 0.689. The first-order valence-corrected chi connectivity index (χ1v) is 11.0. The average Bonchev–Trinajstić information content (AvgIpc) is 2.90. The van der Waals surface area contributed by atoms with Crippen molar-refractivity contribution < 1.29 is 8.42 Å². The first kappa shape index (κ1) is 21.1. The van der Waals surface area contributed by atoms with Gasteiger partial charge in [0.15, 0.2) is 9.84 Å². The Morgan fingerprint density at radius 1 is 1.07 bits per heavy atom. The molecule has 0 N–H and O–H groups in total. The number of aromatic nitrogens is 2. The van der Waals surface area contributed by atoms with Gasteiger partial charge >= 0.3 is 0 Å². The topological polar surface area (TPSA) is 59.9 Å². The van der Waals surface area contributed by atoms with Crippen molar-refractivity contribution in [2.75, 3.05) is 6.26 Å². The molecule has 0 unspecified atom stereocenters. The molecule has 1 aliphatic rings. The maximum absolute atomic E-state index is 11.8. The molecule has 142 valence electrons. The molecule has 2 aromatic rings. The van der Waals surface area contributed by atoms with Crippen molar-refractivity contribution in [1.29, 1.82) is 0 Å². The van der Waals surface area contributed by atoms with Gasteiger partial charge in [-0.05, 0) is 49.3 Å². The van der Waals surface area contributed by atoms with E-state index < -0.39 is 9.84 Å². The highest BCUT2D eigenvalue weighted by Crippen LogP contribution is 2.32. The Morgan fingerprint density at radius 2 is 1.81 bits per heavy atom. The molecule has 27 heavy (non-hydrogen) atoms. The second kappa shape index (κ2) is 9.11. The minimum atomic E-state index is -3.25. The largest absolute Gasteiger partial charge is 0.261 e. The van der Waals surface area contributed by atoms with Crippen LogP contribution in [0, 0.1) is 6.92 Å². The SMILES string of the molecule is CC.Cc1ccc(-c2ncc(Cl)cc2C2=CC=C(S(C)(=O)=O)C=CC2)cn1. The van der Waals surface area contributed by atoms with Crippen molar-refractivity contribution >= 4 is 27.0 Å². The van der Waals surface area contributed by atoms with Crippen LogP contribution < -0.4 is 0 Å². The van der Waals surface area contributed by atoms with Gasteiger partial charge in [-0.3, -0.25) is 9.97 Å². The fourth-order valence-corrected chi connectivity index (χ4v) is 3.39. The van der Waals surface area contributed by atoms with Crippen molar-refractivity contribution in [3.8, 4) is 11.3 Å². The minimum Gasteiger partial charge on any atom is -0.261 e. The highest BCUT2D eigenvalue weighted by atomic mass is 35.5. The highest BCUT2D eigenvalue weighted by Gasteiger charge is 2.14. The fraction of sp³-hybridized carbons (Fsp3) is 0.238. The van der Waals surface area contributed by atoms with Crippen molar-refractivity contribution in [3.63, 3.8) is 0 Å². The Balaban J connectivity index is 0.00000126. The lowest BCUT2D eigenvalue weighted by Crippen LogP contribution is -1.97. The number of rotatable bonds is 3. The zero-order chi connectivity index (χ0) is 20.0. The van der Waals surface area contributed by atoms with Gasteiger partial charge in [0.05, 0.1) is 15.6 Å². The lowest BCUT2D eigenvalue weighted by Gasteiger charge is -2.11. The van der Waals surface area contributed by atoms with E-state index in [1.54, 1.807) is 24.5 Å². The van der Waals surface area contributed by atoms with E-state index in [4.69, 9.17) is 11.6 Å². The number of pyridine rings is 2. The van der Waals surface area contributed by atoms with Crippen LogP contribution >= 0.6 is 11.6 Å². The van der Waals surface area contributed by atoms with E-state index in [0.717, 1.165) is 28.1 Å². The Morgan fingerprint density at radius 3 is 2.44 bits per heavy atom. The van der Waals surface area contributed by atoms with Gasteiger partial charge < -0.3 is 0 Å². The van der Waals surface area contributed by atoms with Crippen LogP contribution in [0.25, 0.3) is 16.8 Å². The van der Waals surface area contributed by atoms with Crippen molar-refractivity contribution in [1.82, 2.24) is 9.97 Å². The van der Waals surface area contributed by atoms with Crippen molar-refractivity contribution in [2.24, 2.45) is 0 Å². The summed E-state index contributed by atoms with van der Waals surface area (Å²) in [6.07, 6.45) is 12.1. The van der Waals surface area contributed by atoms with Crippen molar-refractivity contribution in [2.45, 2.75) is 27.2 Å². The second-order valence-corrected chi connectivity index (χ2v) is 8.33. The predicted molar refractivity (Wildman–Crippen MR) is 113 cm³/mol. The summed E-state index contributed by atoms with van der Waals surface area (Å²) in [6.45, 7) is 5.93. The van der Waals surface area contributed by atoms with E-state index in [2.05, 4.69) is 9.97 Å². The number of hydrogen-bond donors (Lipinski definition) is 0. The van der Waals surface area contributed by atoms with Crippen molar-refractivity contribution in [3.05, 3.63) is 76.1 Å². The lowest BCUT2D eigenvalue weighted by atomic mass is 9.97. The van der Waals surface area contributed by atoms with Crippen LogP contribution in [0.3, 0.4) is 0 Å². The number of sulfone groups is 1. The molecule has 0 aliphatic heterocycles. The molecule has 3 rings (SSSR count). The molecule has 1 aliphatic carbocycles. The van der Waals surface area contributed by atoms with Crippen LogP contribution in [0.4, 0.5) is 0 Å². The monoisotopic (exact) mass is 402 g/mol. The highest BCUT2D eigenvalue weighted by molar-refractivity contribution is 7.94. The normalized spacial score (nSPS) is 13.8. The van der Waals surface area contributed by atoms with E-state index >= 15 is 0 Å². The molecule has 0 aromatic carbocycles. The second-order valence-electron chi connectivity index (χ2n) is 5.88. The maximum Gasteiger partial charge on any atom is 0.175 e. The zero-order valence-corrected chi connectivity index (χ0v) is 17.5. The molecule has 0 bridgehead atoms. The third-order valence-electron chi connectivity index (χ3n) is 3.88. The van der Waals surface area contributed by atoms with E-state index in [9.17, 15) is 8.42 Å². The van der Waals surface area contributed by atoms with E-state index in [1.807, 2.05) is 51.1 Å². The Bertz CT molecular complexity index is 1000. The molecule has 2 heterocycles. The summed E-state index contributed by atoms with van der Waals surface area (Å²) in [6, 6.07) is 5.74. The van der Waals surface area contributed by atoms with Crippen LogP contribution in [-0.2, 0) is 9.84 Å². The number of nitrogens with zero attached hydrogens (tertiary/aromatic N) is 2. The molecular formula is C21H23ClN2O2S. The maximum atomic E-state index is 11.8. The Hall–Kier alpha value is -2.24. The number of halogens is 1. The van der Waals surface area contributed by atoms with Crippen LogP contribution in [0.1, 0.15) is 31.5 Å². The van der Waals surface area contributed by atoms with Gasteiger partial charge in [0.1, 0.15) is 0 Å². The van der Waals surface area contributed by atoms with E-state index in [0.29, 0.717) is 11.4 Å². The predicted octanol–water partition coefficient (Wildman–Crippen LogP) is 5.40. The van der Waals surface area contributed by atoms with Gasteiger partial charge in [0.2, 0.25) is 0 Å². The lowest BCUT2D eigenvalue weighted by molar-refractivity contribution is 0.608. The first-order chi connectivity index (χ1) is 12.8. The molecule has 0 fully saturated rings. The standard InChI is InChI=1S/C19H17ClN2O2S.C2H6/c1-13-6-7-15(11-21-13)19-18(10-16(20)12-22-19)14-4-3-5-17(9-8-14)25(2,23)24;1-2/h3,5-12H,4H2,1-2H3;1-2H3. The summed E-state index contributed by atoms with van der Waals surface area (Å²) in [4.78, 5) is 9.09. The first-order valence-electron chi connectivity index (χ1n) is 8.71. The van der Waals surface area contributed by atoms with Gasteiger partial charge in [0, 0.05) is 35.5 Å². The summed E-state index contributed by atoms with van der Waals surface area (Å²) in [5, 5.41) is 0.528. The van der Waals surface area contributed by atoms with Crippen LogP contribution in [0.2, 0.25) is 5.02 Å². The van der Waals surface area contributed by atoms with E-state index in [1.165, 1.54) is 6.26 Å². The van der Waals surface area contributed by atoms with Gasteiger partial charge in [-0.15, -0.1) is 0 Å². The molecule has 0 saturated heterocycles. The summed E-state index contributed by atoms with van der Waals surface area (Å²) >= 11 is 6.16. The summed E-state index contributed by atoms with van der Waals surface area (Å²) in [5.74, 6) is 0. The average molecular weight is 403 g/mol. The fourth-order valence-electron chi connectivity index (χ4n) is 2.58. The third kappa shape index (κ3) is 5.37. The van der Waals surface area contributed by atoms with Gasteiger partial charge in [-0.2, -0.15) is 0 Å². The summed E-state index contributed by atoms with van der Waals surface area (Å²) < 4.78 is 23.5. The molecule has 0 radical (unpaired) electrons. The minimum absolute atomic E-state index is 0.288. The number of allylic oxidation sites excluding steroid dienone is 5. The van der Waals surface area contributed by atoms with Gasteiger partial charge in [0.25, 0.3) is 0 Å². The van der Waals surface area contributed by atoms with Crippen LogP contribution in [-0.4, -0.2) is 24.6 Å². The smallest absolute Gasteiger partial charge is 0.175 e. The molecular weight excluding hydrogens is 380 g/mol. The summed E-state index contributed by atoms with van der Waals surface area (Å²) in [5.41, 5.74) is 4.40. The molecule has 2 aromatic heterocycles. The number of hydrogen-bond acceptors (Lipinski definition) is 4. The van der Waals surface area contributed by atoms with Crippen LogP contribution in [0.15, 0.2) is 59.8 Å². The number of aryl methyl sites for hydroxylation is 1.